The van der Waals surface area contributed by atoms with Crippen molar-refractivity contribution in [2.45, 2.75) is 19.8 Å². The molecular formula is C17H13F3. The van der Waals surface area contributed by atoms with Gasteiger partial charge in [-0.1, -0.05) is 29.8 Å². The van der Waals surface area contributed by atoms with E-state index in [1.165, 1.54) is 11.1 Å². The first-order valence-electron chi connectivity index (χ1n) is 6.49. The van der Waals surface area contributed by atoms with Crippen LogP contribution in [0.3, 0.4) is 0 Å². The molecule has 1 aliphatic carbocycles. The lowest BCUT2D eigenvalue weighted by Crippen LogP contribution is -2.01. The quantitative estimate of drug-likeness (QED) is 0.649. The van der Waals surface area contributed by atoms with Gasteiger partial charge in [0.2, 0.25) is 0 Å². The van der Waals surface area contributed by atoms with Gasteiger partial charge >= 0.3 is 0 Å². The zero-order valence-electron chi connectivity index (χ0n) is 11.0. The van der Waals surface area contributed by atoms with Gasteiger partial charge in [0, 0.05) is 0 Å². The third-order valence-electron chi connectivity index (χ3n) is 3.65. The highest BCUT2D eigenvalue weighted by Crippen LogP contribution is 2.32. The molecule has 0 amide bonds. The molecule has 0 nitrogen and oxygen atoms in total. The third-order valence-corrected chi connectivity index (χ3v) is 3.65. The number of hydrogen-bond acceptors (Lipinski definition) is 0. The van der Waals surface area contributed by atoms with Crippen LogP contribution in [-0.2, 0) is 6.42 Å². The van der Waals surface area contributed by atoms with Crippen LogP contribution < -0.4 is 0 Å². The number of fused-ring (bicyclic) bond motifs is 1. The predicted octanol–water partition coefficient (Wildman–Crippen LogP) is 4.90. The molecule has 0 saturated carbocycles. The average Bonchev–Trinajstić information content (AvgIpc) is 2.43. The Balaban J connectivity index is 2.06. The van der Waals surface area contributed by atoms with Gasteiger partial charge in [0.05, 0.1) is 0 Å². The van der Waals surface area contributed by atoms with Crippen LogP contribution in [0.15, 0.2) is 30.3 Å². The van der Waals surface area contributed by atoms with Crippen LogP contribution in [0.1, 0.15) is 28.7 Å². The molecule has 20 heavy (non-hydrogen) atoms. The first kappa shape index (κ1) is 13.0. The van der Waals surface area contributed by atoms with Crippen LogP contribution in [0.2, 0.25) is 0 Å². The molecule has 1 aliphatic rings. The molecule has 0 radical (unpaired) electrons. The SMILES string of the molecule is Cc1ccc2c(c1)CCC(c1cc(F)c(F)c(F)c1)=C2. The van der Waals surface area contributed by atoms with Gasteiger partial charge in [-0.2, -0.15) is 0 Å². The molecule has 0 atom stereocenters. The summed E-state index contributed by atoms with van der Waals surface area (Å²) in [5, 5.41) is 0. The lowest BCUT2D eigenvalue weighted by atomic mass is 9.88. The van der Waals surface area contributed by atoms with Crippen LogP contribution in [0.5, 0.6) is 0 Å². The second kappa shape index (κ2) is 4.82. The average molecular weight is 274 g/mol. The van der Waals surface area contributed by atoms with Gasteiger partial charge in [-0.25, -0.2) is 13.2 Å². The smallest absolute Gasteiger partial charge is 0.194 e. The van der Waals surface area contributed by atoms with Crippen LogP contribution in [0, 0.1) is 24.4 Å². The Hall–Kier alpha value is -2.03. The normalized spacial score (nSPS) is 13.9. The minimum Gasteiger partial charge on any atom is -0.204 e. The Morgan fingerprint density at radius 2 is 1.60 bits per heavy atom. The number of allylic oxidation sites excluding steroid dienone is 1. The second-order valence-corrected chi connectivity index (χ2v) is 5.13. The molecule has 0 aliphatic heterocycles. The predicted molar refractivity (Wildman–Crippen MR) is 73.7 cm³/mol. The summed E-state index contributed by atoms with van der Waals surface area (Å²) >= 11 is 0. The second-order valence-electron chi connectivity index (χ2n) is 5.13. The van der Waals surface area contributed by atoms with E-state index < -0.39 is 17.5 Å². The van der Waals surface area contributed by atoms with Crippen molar-refractivity contribution in [2.24, 2.45) is 0 Å². The molecule has 3 heteroatoms. The molecule has 0 N–H and O–H groups in total. The highest BCUT2D eigenvalue weighted by molar-refractivity contribution is 5.84. The minimum absolute atomic E-state index is 0.410. The number of benzene rings is 2. The summed E-state index contributed by atoms with van der Waals surface area (Å²) in [6, 6.07) is 8.24. The van der Waals surface area contributed by atoms with Crippen LogP contribution in [-0.4, -0.2) is 0 Å². The highest BCUT2D eigenvalue weighted by Gasteiger charge is 2.16. The van der Waals surface area contributed by atoms with E-state index in [-0.39, 0.29) is 0 Å². The number of hydrogen-bond donors (Lipinski definition) is 0. The fourth-order valence-electron chi connectivity index (χ4n) is 2.59. The van der Waals surface area contributed by atoms with Crippen molar-refractivity contribution in [1.29, 1.82) is 0 Å². The van der Waals surface area contributed by atoms with E-state index in [1.807, 2.05) is 25.1 Å². The lowest BCUT2D eigenvalue weighted by Gasteiger charge is -2.17. The molecule has 0 unspecified atom stereocenters. The Morgan fingerprint density at radius 1 is 0.900 bits per heavy atom. The van der Waals surface area contributed by atoms with E-state index in [1.54, 1.807) is 0 Å². The fourth-order valence-corrected chi connectivity index (χ4v) is 2.59. The summed E-state index contributed by atoms with van der Waals surface area (Å²) in [5.41, 5.74) is 4.73. The topological polar surface area (TPSA) is 0 Å². The van der Waals surface area contributed by atoms with Crippen molar-refractivity contribution in [3.8, 4) is 0 Å². The zero-order valence-corrected chi connectivity index (χ0v) is 11.0. The van der Waals surface area contributed by atoms with Crippen LogP contribution in [0.4, 0.5) is 13.2 Å². The summed E-state index contributed by atoms with van der Waals surface area (Å²) in [6.45, 7) is 2.03. The fraction of sp³-hybridized carbons (Fsp3) is 0.176. The lowest BCUT2D eigenvalue weighted by molar-refractivity contribution is 0.446. The van der Waals surface area contributed by atoms with Gasteiger partial charge in [0.15, 0.2) is 17.5 Å². The minimum atomic E-state index is -1.42. The van der Waals surface area contributed by atoms with Crippen molar-refractivity contribution < 1.29 is 13.2 Å². The van der Waals surface area contributed by atoms with E-state index in [2.05, 4.69) is 6.07 Å². The summed E-state index contributed by atoms with van der Waals surface area (Å²) < 4.78 is 39.6. The Morgan fingerprint density at radius 3 is 2.30 bits per heavy atom. The molecule has 0 aromatic heterocycles. The number of rotatable bonds is 1. The molecule has 2 aromatic carbocycles. The molecule has 0 saturated heterocycles. The van der Waals surface area contributed by atoms with Crippen LogP contribution in [0.25, 0.3) is 11.6 Å². The molecule has 2 aromatic rings. The maximum absolute atomic E-state index is 13.3. The van der Waals surface area contributed by atoms with Crippen molar-refractivity contribution in [3.63, 3.8) is 0 Å². The van der Waals surface area contributed by atoms with E-state index in [9.17, 15) is 13.2 Å². The van der Waals surface area contributed by atoms with Crippen molar-refractivity contribution in [3.05, 3.63) is 70.0 Å². The standard InChI is InChI=1S/C17H13F3/c1-10-2-3-12-7-13(5-4-11(12)6-10)14-8-15(18)17(20)16(19)9-14/h2-3,6-9H,4-5H2,1H3. The molecular weight excluding hydrogens is 261 g/mol. The first-order chi connectivity index (χ1) is 9.54. The molecule has 0 heterocycles. The molecule has 0 bridgehead atoms. The van der Waals surface area contributed by atoms with Gasteiger partial charge in [-0.05, 0) is 54.2 Å². The molecule has 3 rings (SSSR count). The molecule has 0 spiro atoms. The van der Waals surface area contributed by atoms with Crippen LogP contribution >= 0.6 is 0 Å². The zero-order chi connectivity index (χ0) is 14.3. The Bertz CT molecular complexity index is 691. The maximum Gasteiger partial charge on any atom is 0.194 e. The van der Waals surface area contributed by atoms with E-state index in [0.29, 0.717) is 12.0 Å². The van der Waals surface area contributed by atoms with Gasteiger partial charge < -0.3 is 0 Å². The summed E-state index contributed by atoms with van der Waals surface area (Å²) in [4.78, 5) is 0. The third kappa shape index (κ3) is 2.24. The van der Waals surface area contributed by atoms with Crippen molar-refractivity contribution in [1.82, 2.24) is 0 Å². The van der Waals surface area contributed by atoms with Gasteiger partial charge in [-0.3, -0.25) is 0 Å². The summed E-state index contributed by atoms with van der Waals surface area (Å²) in [7, 11) is 0. The summed E-state index contributed by atoms with van der Waals surface area (Å²) in [5.74, 6) is -3.70. The Kier molecular flexibility index (Phi) is 3.13. The highest BCUT2D eigenvalue weighted by atomic mass is 19.2. The molecule has 0 fully saturated rings. The van der Waals surface area contributed by atoms with Crippen molar-refractivity contribution >= 4 is 11.6 Å². The Labute approximate surface area is 115 Å². The van der Waals surface area contributed by atoms with E-state index >= 15 is 0 Å². The number of aryl methyl sites for hydroxylation is 2. The number of halogens is 3. The van der Waals surface area contributed by atoms with E-state index in [0.717, 1.165) is 29.7 Å². The monoisotopic (exact) mass is 274 g/mol. The van der Waals surface area contributed by atoms with Gasteiger partial charge in [-0.15, -0.1) is 0 Å². The van der Waals surface area contributed by atoms with Gasteiger partial charge in [0.25, 0.3) is 0 Å². The van der Waals surface area contributed by atoms with Crippen molar-refractivity contribution in [2.75, 3.05) is 0 Å². The van der Waals surface area contributed by atoms with Gasteiger partial charge in [0.1, 0.15) is 0 Å². The summed E-state index contributed by atoms with van der Waals surface area (Å²) in [6.07, 6.45) is 3.44. The van der Waals surface area contributed by atoms with E-state index in [4.69, 9.17) is 0 Å². The largest absolute Gasteiger partial charge is 0.204 e. The maximum atomic E-state index is 13.3. The first-order valence-corrected chi connectivity index (χ1v) is 6.49. The molecule has 102 valence electrons.